The maximum absolute atomic E-state index is 12.7. The number of nitrogens with one attached hydrogen (secondary N) is 2. The van der Waals surface area contributed by atoms with Crippen molar-refractivity contribution in [2.45, 2.75) is 25.4 Å². The second kappa shape index (κ2) is 8.12. The zero-order valence-electron chi connectivity index (χ0n) is 17.2. The van der Waals surface area contributed by atoms with Crippen molar-refractivity contribution >= 4 is 17.0 Å². The van der Waals surface area contributed by atoms with E-state index in [-0.39, 0.29) is 28.2 Å². The van der Waals surface area contributed by atoms with Crippen LogP contribution in [0.5, 0.6) is 0 Å². The van der Waals surface area contributed by atoms with Crippen LogP contribution in [-0.2, 0) is 13.2 Å². The summed E-state index contributed by atoms with van der Waals surface area (Å²) in [6.45, 7) is 1.62. The van der Waals surface area contributed by atoms with Crippen LogP contribution in [0.1, 0.15) is 18.8 Å². The Labute approximate surface area is 182 Å². The van der Waals surface area contributed by atoms with Crippen LogP contribution in [0.4, 0.5) is 19.0 Å². The third-order valence-electron chi connectivity index (χ3n) is 4.97. The van der Waals surface area contributed by atoms with E-state index < -0.39 is 35.5 Å². The highest BCUT2D eigenvalue weighted by Gasteiger charge is 2.34. The molecule has 4 heterocycles. The Bertz CT molecular complexity index is 1430. The minimum absolute atomic E-state index is 0.106. The topological polar surface area (TPSA) is 144 Å². The largest absolute Gasteiger partial charge is 0.451 e. The molecule has 0 radical (unpaired) electrons. The summed E-state index contributed by atoms with van der Waals surface area (Å²) in [5.74, 6) is -1.04. The summed E-state index contributed by atoms with van der Waals surface area (Å²) in [6.07, 6.45) is -2.55. The first kappa shape index (κ1) is 22.1. The van der Waals surface area contributed by atoms with Crippen LogP contribution in [0, 0.1) is 0 Å². The standard InChI is InChI=1S/C19H17F3N8O3/c1-9(30-8-25-14-13(30)16(32)28-18(33)29(14)2)15(31)27-12-5-3-4-11(26-12)10-6-23-17(24-7-10)19(20,21)22/h3-9,15,31H,1-2H3,(H,26,27)(H,28,32,33)/t9-,15?/m0/s1. The number of aromatic nitrogens is 7. The molecule has 0 aromatic carbocycles. The van der Waals surface area contributed by atoms with Crippen LogP contribution in [0.25, 0.3) is 22.4 Å². The summed E-state index contributed by atoms with van der Waals surface area (Å²) in [5.41, 5.74) is -0.459. The number of aliphatic hydroxyl groups is 1. The van der Waals surface area contributed by atoms with Gasteiger partial charge in [-0.2, -0.15) is 13.2 Å². The summed E-state index contributed by atoms with van der Waals surface area (Å²) >= 11 is 0. The lowest BCUT2D eigenvalue weighted by molar-refractivity contribution is -0.144. The van der Waals surface area contributed by atoms with Gasteiger partial charge in [0.2, 0.25) is 5.82 Å². The molecule has 4 aromatic heterocycles. The molecule has 11 nitrogen and oxygen atoms in total. The average Bonchev–Trinajstić information content (AvgIpc) is 3.22. The summed E-state index contributed by atoms with van der Waals surface area (Å²) in [4.78, 5) is 41.2. The summed E-state index contributed by atoms with van der Waals surface area (Å²) in [5, 5.41) is 13.5. The van der Waals surface area contributed by atoms with Crippen LogP contribution < -0.4 is 16.6 Å². The summed E-state index contributed by atoms with van der Waals surface area (Å²) in [6, 6.07) is 3.98. The van der Waals surface area contributed by atoms with Gasteiger partial charge < -0.3 is 15.0 Å². The Morgan fingerprint density at radius 2 is 1.85 bits per heavy atom. The SMILES string of the molecule is C[C@@H](C(O)Nc1cccc(-c2cnc(C(F)(F)F)nc2)n1)n1cnc2c1c(=O)[nH]c(=O)n2C. The fourth-order valence-corrected chi connectivity index (χ4v) is 3.17. The van der Waals surface area contributed by atoms with Gasteiger partial charge in [0.05, 0.1) is 18.1 Å². The normalized spacial score (nSPS) is 13.8. The predicted molar refractivity (Wildman–Crippen MR) is 110 cm³/mol. The third-order valence-corrected chi connectivity index (χ3v) is 4.97. The van der Waals surface area contributed by atoms with Crippen molar-refractivity contribution in [2.24, 2.45) is 7.05 Å². The molecular formula is C19H17F3N8O3. The minimum atomic E-state index is -4.65. The molecule has 1 unspecified atom stereocenters. The first-order valence-electron chi connectivity index (χ1n) is 9.53. The van der Waals surface area contributed by atoms with Gasteiger partial charge in [0.15, 0.2) is 11.2 Å². The number of H-pyrrole nitrogens is 1. The maximum atomic E-state index is 12.7. The average molecular weight is 462 g/mol. The van der Waals surface area contributed by atoms with Crippen LogP contribution in [0.2, 0.25) is 0 Å². The number of nitrogens with zero attached hydrogens (tertiary/aromatic N) is 6. The van der Waals surface area contributed by atoms with E-state index in [1.807, 2.05) is 0 Å². The zero-order chi connectivity index (χ0) is 23.9. The highest BCUT2D eigenvalue weighted by molar-refractivity contribution is 5.70. The molecule has 0 bridgehead atoms. The van der Waals surface area contributed by atoms with Gasteiger partial charge in [0.1, 0.15) is 12.0 Å². The monoisotopic (exact) mass is 462 g/mol. The molecule has 0 aliphatic carbocycles. The summed E-state index contributed by atoms with van der Waals surface area (Å²) < 4.78 is 40.6. The van der Waals surface area contributed by atoms with E-state index in [9.17, 15) is 27.9 Å². The van der Waals surface area contributed by atoms with E-state index in [0.717, 1.165) is 12.4 Å². The fourth-order valence-electron chi connectivity index (χ4n) is 3.17. The molecule has 0 spiro atoms. The number of rotatable bonds is 5. The van der Waals surface area contributed by atoms with Crippen molar-refractivity contribution in [3.63, 3.8) is 0 Å². The number of anilines is 1. The molecule has 0 saturated heterocycles. The van der Waals surface area contributed by atoms with Crippen molar-refractivity contribution in [2.75, 3.05) is 5.32 Å². The van der Waals surface area contributed by atoms with Gasteiger partial charge in [-0.25, -0.2) is 24.7 Å². The molecule has 3 N–H and O–H groups in total. The van der Waals surface area contributed by atoms with Crippen molar-refractivity contribution < 1.29 is 18.3 Å². The number of pyridine rings is 1. The lowest BCUT2D eigenvalue weighted by atomic mass is 10.2. The number of alkyl halides is 3. The second-order valence-corrected chi connectivity index (χ2v) is 7.17. The third kappa shape index (κ3) is 4.19. The first-order chi connectivity index (χ1) is 15.6. The van der Waals surface area contributed by atoms with Gasteiger partial charge in [-0.15, -0.1) is 0 Å². The smallest absolute Gasteiger partial charge is 0.372 e. The first-order valence-corrected chi connectivity index (χ1v) is 9.53. The lowest BCUT2D eigenvalue weighted by Crippen LogP contribution is -2.33. The molecule has 14 heteroatoms. The number of imidazole rings is 1. The molecule has 2 atom stereocenters. The van der Waals surface area contributed by atoms with Crippen LogP contribution in [0.15, 0.2) is 46.5 Å². The van der Waals surface area contributed by atoms with Gasteiger partial charge >= 0.3 is 11.9 Å². The van der Waals surface area contributed by atoms with Crippen molar-refractivity contribution in [1.82, 2.24) is 34.1 Å². The number of aromatic amines is 1. The molecule has 0 aliphatic heterocycles. The molecule has 33 heavy (non-hydrogen) atoms. The fraction of sp³-hybridized carbons (Fsp3) is 0.263. The Kier molecular flexibility index (Phi) is 5.45. The molecule has 4 rings (SSSR count). The van der Waals surface area contributed by atoms with E-state index in [4.69, 9.17) is 0 Å². The van der Waals surface area contributed by atoms with Crippen LogP contribution >= 0.6 is 0 Å². The van der Waals surface area contributed by atoms with Crippen molar-refractivity contribution in [1.29, 1.82) is 0 Å². The number of hydrogen-bond acceptors (Lipinski definition) is 8. The molecule has 0 aliphatic rings. The van der Waals surface area contributed by atoms with Crippen molar-refractivity contribution in [3.05, 3.63) is 63.6 Å². The van der Waals surface area contributed by atoms with Gasteiger partial charge in [0, 0.05) is 25.0 Å². The minimum Gasteiger partial charge on any atom is -0.372 e. The molecule has 4 aromatic rings. The Morgan fingerprint density at radius 1 is 1.15 bits per heavy atom. The van der Waals surface area contributed by atoms with E-state index in [1.54, 1.807) is 25.1 Å². The number of aryl methyl sites for hydroxylation is 1. The van der Waals surface area contributed by atoms with E-state index >= 15 is 0 Å². The van der Waals surface area contributed by atoms with E-state index in [0.29, 0.717) is 0 Å². The second-order valence-electron chi connectivity index (χ2n) is 7.17. The Morgan fingerprint density at radius 3 is 2.52 bits per heavy atom. The van der Waals surface area contributed by atoms with Gasteiger partial charge in [-0.3, -0.25) is 14.3 Å². The van der Waals surface area contributed by atoms with Gasteiger partial charge in [0.25, 0.3) is 5.56 Å². The van der Waals surface area contributed by atoms with Crippen molar-refractivity contribution in [3.8, 4) is 11.3 Å². The number of fused-ring (bicyclic) bond motifs is 1. The maximum Gasteiger partial charge on any atom is 0.451 e. The number of halogens is 3. The molecule has 172 valence electrons. The highest BCUT2D eigenvalue weighted by atomic mass is 19.4. The quantitative estimate of drug-likeness (QED) is 0.377. The van der Waals surface area contributed by atoms with Gasteiger partial charge in [-0.05, 0) is 19.1 Å². The molecule has 0 saturated carbocycles. The zero-order valence-corrected chi connectivity index (χ0v) is 17.2. The Hall–Kier alpha value is -4.07. The number of aliphatic hydroxyl groups excluding tert-OH is 1. The predicted octanol–water partition coefficient (Wildman–Crippen LogP) is 1.29. The van der Waals surface area contributed by atoms with Crippen LogP contribution in [-0.4, -0.2) is 45.4 Å². The number of hydrogen-bond donors (Lipinski definition) is 3. The van der Waals surface area contributed by atoms with Crippen LogP contribution in [0.3, 0.4) is 0 Å². The van der Waals surface area contributed by atoms with E-state index in [1.165, 1.54) is 22.5 Å². The molecule has 0 fully saturated rings. The lowest BCUT2D eigenvalue weighted by Gasteiger charge is -2.22. The highest BCUT2D eigenvalue weighted by Crippen LogP contribution is 2.27. The Balaban J connectivity index is 1.58. The molecule has 0 amide bonds. The van der Waals surface area contributed by atoms with E-state index in [2.05, 4.69) is 30.2 Å². The molecular weight excluding hydrogens is 445 g/mol. The van der Waals surface area contributed by atoms with Gasteiger partial charge in [-0.1, -0.05) is 6.07 Å². The summed E-state index contributed by atoms with van der Waals surface area (Å²) in [7, 11) is 1.46.